The van der Waals surface area contributed by atoms with Gasteiger partial charge in [-0.05, 0) is 50.0 Å². The maximum absolute atomic E-state index is 13.8. The molecule has 0 radical (unpaired) electrons. The SMILES string of the molecule is C[C@]1(F)C[C@@H]2C[C@](CN)(CC(=O)O)[C@@H]2C1. The van der Waals surface area contributed by atoms with E-state index in [-0.39, 0.29) is 17.8 Å². The molecule has 0 aromatic carbocycles. The molecular weight excluding hydrogens is 197 g/mol. The van der Waals surface area contributed by atoms with Gasteiger partial charge in [0.2, 0.25) is 0 Å². The number of hydrogen-bond donors (Lipinski definition) is 2. The van der Waals surface area contributed by atoms with E-state index in [1.54, 1.807) is 6.92 Å². The highest BCUT2D eigenvalue weighted by Gasteiger charge is 2.60. The Hall–Kier alpha value is -0.640. The highest BCUT2D eigenvalue weighted by Crippen LogP contribution is 2.63. The van der Waals surface area contributed by atoms with Crippen LogP contribution in [0, 0.1) is 17.3 Å². The monoisotopic (exact) mass is 215 g/mol. The highest BCUT2D eigenvalue weighted by atomic mass is 19.1. The van der Waals surface area contributed by atoms with Crippen LogP contribution in [0.15, 0.2) is 0 Å². The first-order valence-electron chi connectivity index (χ1n) is 5.49. The quantitative estimate of drug-likeness (QED) is 0.751. The lowest BCUT2D eigenvalue weighted by molar-refractivity contribution is -0.145. The Morgan fingerprint density at radius 1 is 1.53 bits per heavy atom. The molecule has 2 aliphatic rings. The average molecular weight is 215 g/mol. The Morgan fingerprint density at radius 3 is 2.67 bits per heavy atom. The number of halogens is 1. The molecule has 0 aromatic heterocycles. The highest BCUT2D eigenvalue weighted by molar-refractivity contribution is 5.68. The Labute approximate surface area is 88.8 Å². The van der Waals surface area contributed by atoms with Crippen LogP contribution < -0.4 is 5.73 Å². The summed E-state index contributed by atoms with van der Waals surface area (Å²) in [7, 11) is 0. The second-order valence-electron chi connectivity index (χ2n) is 5.53. The molecule has 0 bridgehead atoms. The van der Waals surface area contributed by atoms with Crippen LogP contribution in [0.25, 0.3) is 0 Å². The zero-order valence-electron chi connectivity index (χ0n) is 9.00. The van der Waals surface area contributed by atoms with Gasteiger partial charge in [0, 0.05) is 0 Å². The maximum atomic E-state index is 13.8. The molecular formula is C11H18FNO2. The van der Waals surface area contributed by atoms with Crippen molar-refractivity contribution in [1.29, 1.82) is 0 Å². The normalized spacial score (nSPS) is 48.5. The zero-order chi connectivity index (χ0) is 11.3. The minimum Gasteiger partial charge on any atom is -0.481 e. The molecule has 0 spiro atoms. The molecule has 15 heavy (non-hydrogen) atoms. The first kappa shape index (κ1) is 10.9. The third kappa shape index (κ3) is 1.65. The second kappa shape index (κ2) is 3.17. The lowest BCUT2D eigenvalue weighted by Gasteiger charge is -2.51. The van der Waals surface area contributed by atoms with Crippen molar-refractivity contribution < 1.29 is 14.3 Å². The van der Waals surface area contributed by atoms with Crippen molar-refractivity contribution in [2.45, 2.75) is 38.3 Å². The predicted octanol–water partition coefficient (Wildman–Crippen LogP) is 1.56. The molecule has 0 amide bonds. The number of alkyl halides is 1. The first-order chi connectivity index (χ1) is 6.88. The predicted molar refractivity (Wildman–Crippen MR) is 54.1 cm³/mol. The van der Waals surface area contributed by atoms with Gasteiger partial charge in [0.25, 0.3) is 0 Å². The van der Waals surface area contributed by atoms with Crippen molar-refractivity contribution in [2.75, 3.05) is 6.54 Å². The summed E-state index contributed by atoms with van der Waals surface area (Å²) >= 11 is 0. The Morgan fingerprint density at radius 2 is 2.20 bits per heavy atom. The van der Waals surface area contributed by atoms with Crippen LogP contribution in [0.4, 0.5) is 4.39 Å². The third-order valence-corrected chi connectivity index (χ3v) is 4.27. The summed E-state index contributed by atoms with van der Waals surface area (Å²) in [4.78, 5) is 10.8. The fourth-order valence-electron chi connectivity index (χ4n) is 3.65. The van der Waals surface area contributed by atoms with E-state index in [1.165, 1.54) is 0 Å². The molecule has 0 heterocycles. The molecule has 0 aromatic rings. The molecule has 3 N–H and O–H groups in total. The summed E-state index contributed by atoms with van der Waals surface area (Å²) in [6, 6.07) is 0. The van der Waals surface area contributed by atoms with Gasteiger partial charge in [-0.1, -0.05) is 0 Å². The van der Waals surface area contributed by atoms with Crippen LogP contribution in [0.1, 0.15) is 32.6 Å². The fourth-order valence-corrected chi connectivity index (χ4v) is 3.65. The molecule has 3 nitrogen and oxygen atoms in total. The van der Waals surface area contributed by atoms with Gasteiger partial charge in [-0.25, -0.2) is 4.39 Å². The number of aliphatic carboxylic acids is 1. The maximum Gasteiger partial charge on any atom is 0.303 e. The summed E-state index contributed by atoms with van der Waals surface area (Å²) in [5, 5.41) is 8.85. The van der Waals surface area contributed by atoms with Crippen LogP contribution in [0.2, 0.25) is 0 Å². The number of nitrogens with two attached hydrogens (primary N) is 1. The van der Waals surface area contributed by atoms with Crippen molar-refractivity contribution in [2.24, 2.45) is 23.0 Å². The van der Waals surface area contributed by atoms with Gasteiger partial charge in [0.05, 0.1) is 6.42 Å². The first-order valence-corrected chi connectivity index (χ1v) is 5.49. The number of carboxylic acid groups (broad SMARTS) is 1. The van der Waals surface area contributed by atoms with Crippen LogP contribution in [-0.4, -0.2) is 23.3 Å². The van der Waals surface area contributed by atoms with Gasteiger partial charge in [0.15, 0.2) is 0 Å². The summed E-state index contributed by atoms with van der Waals surface area (Å²) in [5.41, 5.74) is 4.25. The Bertz CT molecular complexity index is 292. The van der Waals surface area contributed by atoms with E-state index in [0.29, 0.717) is 25.3 Å². The molecule has 0 unspecified atom stereocenters. The molecule has 2 fully saturated rings. The molecule has 2 saturated carbocycles. The van der Waals surface area contributed by atoms with Crippen LogP contribution in [-0.2, 0) is 4.79 Å². The van der Waals surface area contributed by atoms with E-state index < -0.39 is 11.6 Å². The summed E-state index contributed by atoms with van der Waals surface area (Å²) in [6.07, 6.45) is 1.96. The largest absolute Gasteiger partial charge is 0.481 e. The van der Waals surface area contributed by atoms with Gasteiger partial charge < -0.3 is 10.8 Å². The van der Waals surface area contributed by atoms with Crippen molar-refractivity contribution >= 4 is 5.97 Å². The molecule has 86 valence electrons. The summed E-state index contributed by atoms with van der Waals surface area (Å²) in [5.74, 6) is -0.261. The molecule has 2 aliphatic carbocycles. The second-order valence-corrected chi connectivity index (χ2v) is 5.53. The number of hydrogen-bond acceptors (Lipinski definition) is 2. The Kier molecular flexibility index (Phi) is 2.30. The zero-order valence-corrected chi connectivity index (χ0v) is 9.00. The van der Waals surface area contributed by atoms with Crippen LogP contribution >= 0.6 is 0 Å². The van der Waals surface area contributed by atoms with E-state index >= 15 is 0 Å². The van der Waals surface area contributed by atoms with Gasteiger partial charge in [-0.2, -0.15) is 0 Å². The minimum atomic E-state index is -1.11. The molecule has 4 heteroatoms. The van der Waals surface area contributed by atoms with Crippen molar-refractivity contribution in [3.63, 3.8) is 0 Å². The van der Waals surface area contributed by atoms with Gasteiger partial charge in [0.1, 0.15) is 5.67 Å². The number of carbonyl (C=O) groups is 1. The van der Waals surface area contributed by atoms with E-state index in [2.05, 4.69) is 0 Å². The lowest BCUT2D eigenvalue weighted by Crippen LogP contribution is -2.51. The topological polar surface area (TPSA) is 63.3 Å². The van der Waals surface area contributed by atoms with Crippen molar-refractivity contribution in [3.05, 3.63) is 0 Å². The van der Waals surface area contributed by atoms with E-state index in [9.17, 15) is 9.18 Å². The number of fused-ring (bicyclic) bond motifs is 1. The van der Waals surface area contributed by atoms with Crippen molar-refractivity contribution in [1.82, 2.24) is 0 Å². The van der Waals surface area contributed by atoms with Crippen molar-refractivity contribution in [3.8, 4) is 0 Å². The van der Waals surface area contributed by atoms with Gasteiger partial charge in [-0.15, -0.1) is 0 Å². The molecule has 0 saturated heterocycles. The minimum absolute atomic E-state index is 0.0980. The Balaban J connectivity index is 2.10. The van der Waals surface area contributed by atoms with E-state index in [4.69, 9.17) is 10.8 Å². The summed E-state index contributed by atoms with van der Waals surface area (Å²) in [6.45, 7) is 1.99. The van der Waals surface area contributed by atoms with Gasteiger partial charge in [-0.3, -0.25) is 4.79 Å². The molecule has 4 atom stereocenters. The fraction of sp³-hybridized carbons (Fsp3) is 0.909. The smallest absolute Gasteiger partial charge is 0.303 e. The van der Waals surface area contributed by atoms with Gasteiger partial charge >= 0.3 is 5.97 Å². The lowest BCUT2D eigenvalue weighted by atomic mass is 9.53. The summed E-state index contributed by atoms with van der Waals surface area (Å²) < 4.78 is 13.8. The average Bonchev–Trinajstić information content (AvgIpc) is 2.35. The van der Waals surface area contributed by atoms with E-state index in [0.717, 1.165) is 6.42 Å². The third-order valence-electron chi connectivity index (χ3n) is 4.27. The van der Waals surface area contributed by atoms with Crippen LogP contribution in [0.3, 0.4) is 0 Å². The van der Waals surface area contributed by atoms with E-state index in [1.807, 2.05) is 0 Å². The molecule has 2 rings (SSSR count). The molecule has 0 aliphatic heterocycles. The number of carboxylic acids is 1. The van der Waals surface area contributed by atoms with Crippen LogP contribution in [0.5, 0.6) is 0 Å². The number of rotatable bonds is 3. The standard InChI is InChI=1S/C11H18FNO2/c1-10(12)2-7-3-11(6-13,5-9(14)15)8(7)4-10/h7-8H,2-6,13H2,1H3,(H,14,15)/t7-,8-,10+,11-/m1/s1.